The number of aliphatic hydroxyl groups excluding tert-OH is 1. The molecule has 18 heavy (non-hydrogen) atoms. The fourth-order valence-corrected chi connectivity index (χ4v) is 2.34. The molecule has 0 bridgehead atoms. The molecule has 0 saturated carbocycles. The molecule has 0 radical (unpaired) electrons. The van der Waals surface area contributed by atoms with Crippen LogP contribution in [0.4, 0.5) is 0 Å². The van der Waals surface area contributed by atoms with E-state index in [4.69, 9.17) is 5.11 Å². The number of para-hydroxylation sites is 1. The fraction of sp³-hybridized carbons (Fsp3) is 0.125. The second-order valence-corrected chi connectivity index (χ2v) is 4.58. The van der Waals surface area contributed by atoms with Crippen LogP contribution in [0, 0.1) is 6.92 Å². The van der Waals surface area contributed by atoms with Crippen molar-refractivity contribution in [1.29, 1.82) is 0 Å². The smallest absolute Gasteiger partial charge is 0.0681 e. The molecular weight excluding hydrogens is 222 g/mol. The van der Waals surface area contributed by atoms with Crippen LogP contribution in [0.5, 0.6) is 0 Å². The lowest BCUT2D eigenvalue weighted by atomic mass is 10.0. The Hall–Kier alpha value is -2.06. The Labute approximate surface area is 106 Å². The summed E-state index contributed by atoms with van der Waals surface area (Å²) in [6.45, 7) is 2.16. The summed E-state index contributed by atoms with van der Waals surface area (Å²) in [5.41, 5.74) is 5.58. The minimum atomic E-state index is 0.0911. The van der Waals surface area contributed by atoms with Crippen molar-refractivity contribution in [2.24, 2.45) is 0 Å². The van der Waals surface area contributed by atoms with Crippen molar-refractivity contribution in [2.75, 3.05) is 0 Å². The summed E-state index contributed by atoms with van der Waals surface area (Å²) < 4.78 is 0. The van der Waals surface area contributed by atoms with Crippen LogP contribution < -0.4 is 0 Å². The normalized spacial score (nSPS) is 11.0. The summed E-state index contributed by atoms with van der Waals surface area (Å²) in [7, 11) is 0. The molecule has 2 aromatic carbocycles. The van der Waals surface area contributed by atoms with Gasteiger partial charge < -0.3 is 10.1 Å². The molecule has 0 atom stereocenters. The van der Waals surface area contributed by atoms with Crippen molar-refractivity contribution in [2.45, 2.75) is 13.5 Å². The first-order valence-electron chi connectivity index (χ1n) is 6.06. The van der Waals surface area contributed by atoms with Crippen LogP contribution in [-0.2, 0) is 6.61 Å². The van der Waals surface area contributed by atoms with Crippen molar-refractivity contribution < 1.29 is 5.11 Å². The van der Waals surface area contributed by atoms with Crippen LogP contribution in [0.15, 0.2) is 48.5 Å². The average Bonchev–Trinajstić information content (AvgIpc) is 2.81. The SMILES string of the molecule is Cc1cc(CO)ccc1-c1cc2ccccc2[nH]1. The number of nitrogens with one attached hydrogen (secondary N) is 1. The lowest BCUT2D eigenvalue weighted by molar-refractivity contribution is 0.282. The Bertz CT molecular complexity index is 664. The van der Waals surface area contributed by atoms with E-state index in [1.165, 1.54) is 16.5 Å². The van der Waals surface area contributed by atoms with Gasteiger partial charge in [0.15, 0.2) is 0 Å². The number of hydrogen-bond donors (Lipinski definition) is 2. The number of fused-ring (bicyclic) bond motifs is 1. The van der Waals surface area contributed by atoms with Crippen molar-refractivity contribution in [3.8, 4) is 11.3 Å². The molecule has 2 nitrogen and oxygen atoms in total. The van der Waals surface area contributed by atoms with E-state index in [0.717, 1.165) is 16.8 Å². The highest BCUT2D eigenvalue weighted by atomic mass is 16.3. The number of aryl methyl sites for hydroxylation is 1. The molecule has 0 fully saturated rings. The summed E-state index contributed by atoms with van der Waals surface area (Å²) in [6.07, 6.45) is 0. The highest BCUT2D eigenvalue weighted by Gasteiger charge is 2.06. The molecule has 0 aliphatic carbocycles. The molecule has 0 amide bonds. The van der Waals surface area contributed by atoms with Gasteiger partial charge in [-0.25, -0.2) is 0 Å². The second-order valence-electron chi connectivity index (χ2n) is 4.58. The molecule has 0 aliphatic rings. The average molecular weight is 237 g/mol. The van der Waals surface area contributed by atoms with Crippen molar-refractivity contribution in [3.63, 3.8) is 0 Å². The van der Waals surface area contributed by atoms with Gasteiger partial charge in [-0.05, 0) is 30.2 Å². The van der Waals surface area contributed by atoms with Gasteiger partial charge >= 0.3 is 0 Å². The van der Waals surface area contributed by atoms with Crippen molar-refractivity contribution in [1.82, 2.24) is 4.98 Å². The predicted octanol–water partition coefficient (Wildman–Crippen LogP) is 3.64. The van der Waals surface area contributed by atoms with E-state index < -0.39 is 0 Å². The third-order valence-electron chi connectivity index (χ3n) is 3.29. The van der Waals surface area contributed by atoms with E-state index in [0.29, 0.717) is 0 Å². The van der Waals surface area contributed by atoms with Crippen LogP contribution >= 0.6 is 0 Å². The van der Waals surface area contributed by atoms with Gasteiger partial charge in [-0.2, -0.15) is 0 Å². The molecule has 1 heterocycles. The zero-order valence-corrected chi connectivity index (χ0v) is 10.3. The quantitative estimate of drug-likeness (QED) is 0.701. The Morgan fingerprint density at radius 2 is 1.89 bits per heavy atom. The molecular formula is C16H15NO. The fourth-order valence-electron chi connectivity index (χ4n) is 2.34. The maximum absolute atomic E-state index is 9.13. The number of benzene rings is 2. The van der Waals surface area contributed by atoms with Gasteiger partial charge in [0.1, 0.15) is 0 Å². The van der Waals surface area contributed by atoms with Crippen molar-refractivity contribution >= 4 is 10.9 Å². The van der Waals surface area contributed by atoms with E-state index in [2.05, 4.69) is 36.2 Å². The van der Waals surface area contributed by atoms with Crippen LogP contribution in [0.25, 0.3) is 22.2 Å². The van der Waals surface area contributed by atoms with Crippen molar-refractivity contribution in [3.05, 3.63) is 59.7 Å². The molecule has 1 aromatic heterocycles. The van der Waals surface area contributed by atoms with Gasteiger partial charge in [0.25, 0.3) is 0 Å². The van der Waals surface area contributed by atoms with E-state index in [1.54, 1.807) is 0 Å². The predicted molar refractivity (Wildman–Crippen MR) is 74.4 cm³/mol. The molecule has 0 aliphatic heterocycles. The van der Waals surface area contributed by atoms with Gasteiger partial charge in [-0.1, -0.05) is 36.4 Å². The number of hydrogen-bond acceptors (Lipinski definition) is 1. The highest BCUT2D eigenvalue weighted by Crippen LogP contribution is 2.27. The zero-order chi connectivity index (χ0) is 12.5. The molecule has 90 valence electrons. The number of aliphatic hydroxyl groups is 1. The van der Waals surface area contributed by atoms with Gasteiger partial charge in [0.05, 0.1) is 6.61 Å². The molecule has 0 spiro atoms. The molecule has 3 aromatic rings. The Balaban J connectivity index is 2.14. The summed E-state index contributed by atoms with van der Waals surface area (Å²) >= 11 is 0. The van der Waals surface area contributed by atoms with Crippen LogP contribution in [0.2, 0.25) is 0 Å². The topological polar surface area (TPSA) is 36.0 Å². The Morgan fingerprint density at radius 3 is 2.61 bits per heavy atom. The third kappa shape index (κ3) is 1.81. The van der Waals surface area contributed by atoms with E-state index in [-0.39, 0.29) is 6.61 Å². The minimum absolute atomic E-state index is 0.0911. The van der Waals surface area contributed by atoms with Gasteiger partial charge in [0.2, 0.25) is 0 Å². The van der Waals surface area contributed by atoms with Crippen LogP contribution in [0.1, 0.15) is 11.1 Å². The molecule has 0 unspecified atom stereocenters. The minimum Gasteiger partial charge on any atom is -0.392 e. The first-order valence-corrected chi connectivity index (χ1v) is 6.06. The number of rotatable bonds is 2. The number of H-pyrrole nitrogens is 1. The van der Waals surface area contributed by atoms with Gasteiger partial charge in [-0.3, -0.25) is 0 Å². The lowest BCUT2D eigenvalue weighted by Crippen LogP contribution is -1.88. The summed E-state index contributed by atoms with van der Waals surface area (Å²) in [4.78, 5) is 3.43. The summed E-state index contributed by atoms with van der Waals surface area (Å²) in [6, 6.07) is 16.5. The molecule has 3 rings (SSSR count). The summed E-state index contributed by atoms with van der Waals surface area (Å²) in [5, 5.41) is 10.4. The van der Waals surface area contributed by atoms with E-state index >= 15 is 0 Å². The maximum atomic E-state index is 9.13. The first-order chi connectivity index (χ1) is 8.78. The second kappa shape index (κ2) is 4.31. The molecule has 0 saturated heterocycles. The highest BCUT2D eigenvalue weighted by molar-refractivity contribution is 5.86. The first kappa shape index (κ1) is 11.1. The monoisotopic (exact) mass is 237 g/mol. The van der Waals surface area contributed by atoms with Crippen LogP contribution in [0.3, 0.4) is 0 Å². The zero-order valence-electron chi connectivity index (χ0n) is 10.3. The van der Waals surface area contributed by atoms with Gasteiger partial charge in [-0.15, -0.1) is 0 Å². The molecule has 2 N–H and O–H groups in total. The lowest BCUT2D eigenvalue weighted by Gasteiger charge is -2.05. The van der Waals surface area contributed by atoms with E-state index in [1.807, 2.05) is 24.3 Å². The van der Waals surface area contributed by atoms with Crippen LogP contribution in [-0.4, -0.2) is 10.1 Å². The summed E-state index contributed by atoms with van der Waals surface area (Å²) in [5.74, 6) is 0. The number of aromatic nitrogens is 1. The van der Waals surface area contributed by atoms with E-state index in [9.17, 15) is 0 Å². The standard InChI is InChI=1S/C16H15NO/c1-11-8-12(10-18)6-7-14(11)16-9-13-4-2-3-5-15(13)17-16/h2-9,17-18H,10H2,1H3. The third-order valence-corrected chi connectivity index (χ3v) is 3.29. The Morgan fingerprint density at radius 1 is 1.06 bits per heavy atom. The van der Waals surface area contributed by atoms with Gasteiger partial charge in [0, 0.05) is 22.2 Å². The Kier molecular flexibility index (Phi) is 2.65. The number of aromatic amines is 1. The molecule has 2 heteroatoms. The largest absolute Gasteiger partial charge is 0.392 e. The maximum Gasteiger partial charge on any atom is 0.0681 e.